The minimum atomic E-state index is -1.35. The summed E-state index contributed by atoms with van der Waals surface area (Å²) in [6.45, 7) is 7.43. The van der Waals surface area contributed by atoms with Crippen molar-refractivity contribution in [2.24, 2.45) is 0 Å². The minimum Gasteiger partial charge on any atom is -0.496 e. The third kappa shape index (κ3) is 2.47. The van der Waals surface area contributed by atoms with Gasteiger partial charge in [0.15, 0.2) is 0 Å². The van der Waals surface area contributed by atoms with Crippen LogP contribution in [0.15, 0.2) is 24.3 Å². The zero-order valence-corrected chi connectivity index (χ0v) is 14.3. The zero-order chi connectivity index (χ0) is 13.2. The normalized spacial score (nSPS) is 19.6. The van der Waals surface area contributed by atoms with E-state index in [1.54, 1.807) is 7.11 Å². The second-order valence-corrected chi connectivity index (χ2v) is 14.5. The summed E-state index contributed by atoms with van der Waals surface area (Å²) in [5.41, 5.74) is 1.40. The van der Waals surface area contributed by atoms with Crippen LogP contribution in [0.3, 0.4) is 0 Å². The van der Waals surface area contributed by atoms with Crippen LogP contribution in [0, 0.1) is 0 Å². The fraction of sp³-hybridized carbons (Fsp3) is 0.571. The van der Waals surface area contributed by atoms with Crippen LogP contribution in [0.5, 0.6) is 5.75 Å². The van der Waals surface area contributed by atoms with Crippen LogP contribution in [0.1, 0.15) is 12.0 Å². The summed E-state index contributed by atoms with van der Waals surface area (Å²) >= 11 is 4.29. The summed E-state index contributed by atoms with van der Waals surface area (Å²) in [6.07, 6.45) is 1.33. The average Bonchev–Trinajstić information content (AvgIpc) is 2.38. The van der Waals surface area contributed by atoms with Gasteiger partial charge in [0.25, 0.3) is 0 Å². The number of ether oxygens (including phenoxy) is 1. The van der Waals surface area contributed by atoms with Gasteiger partial charge in [0.2, 0.25) is 0 Å². The monoisotopic (exact) mass is 298 g/mol. The molecule has 0 atom stereocenters. The first-order valence-electron chi connectivity index (χ1n) is 6.43. The maximum Gasteiger partial charge on any atom is 0.123 e. The van der Waals surface area contributed by atoms with E-state index in [0.29, 0.717) is 0 Å². The third-order valence-corrected chi connectivity index (χ3v) is 13.1. The van der Waals surface area contributed by atoms with Gasteiger partial charge in [0.1, 0.15) is 5.75 Å². The summed E-state index contributed by atoms with van der Waals surface area (Å²) in [5, 5.41) is 0. The van der Waals surface area contributed by atoms with E-state index in [1.165, 1.54) is 23.5 Å². The van der Waals surface area contributed by atoms with Gasteiger partial charge in [-0.3, -0.25) is 0 Å². The Labute approximate surface area is 120 Å². The predicted octanol–water partition coefficient (Wildman–Crippen LogP) is 4.60. The molecule has 0 amide bonds. The van der Waals surface area contributed by atoms with Gasteiger partial charge in [-0.15, -0.1) is 23.5 Å². The van der Waals surface area contributed by atoms with E-state index in [4.69, 9.17) is 4.74 Å². The molecule has 0 saturated carbocycles. The molecule has 0 bridgehead atoms. The summed E-state index contributed by atoms with van der Waals surface area (Å²) in [6, 6.07) is 8.59. The molecule has 1 aliphatic rings. The van der Waals surface area contributed by atoms with Gasteiger partial charge in [-0.2, -0.15) is 0 Å². The number of para-hydroxylation sites is 1. The lowest BCUT2D eigenvalue weighted by molar-refractivity contribution is 0.410. The Hall–Kier alpha value is -0.0631. The van der Waals surface area contributed by atoms with Crippen molar-refractivity contribution in [1.29, 1.82) is 0 Å². The Morgan fingerprint density at radius 1 is 1.11 bits per heavy atom. The number of thioether (sulfide) groups is 2. The molecule has 1 aliphatic heterocycles. The Kier molecular flexibility index (Phi) is 4.39. The molecule has 4 heteroatoms. The minimum absolute atomic E-state index is 0.248. The van der Waals surface area contributed by atoms with Crippen molar-refractivity contribution < 1.29 is 4.74 Å². The van der Waals surface area contributed by atoms with Crippen molar-refractivity contribution >= 4 is 31.6 Å². The molecule has 1 heterocycles. The number of rotatable bonds is 3. The van der Waals surface area contributed by atoms with E-state index in [2.05, 4.69) is 67.4 Å². The first-order valence-corrected chi connectivity index (χ1v) is 11.9. The highest BCUT2D eigenvalue weighted by Gasteiger charge is 2.48. The molecule has 2 rings (SSSR count). The van der Waals surface area contributed by atoms with Crippen molar-refractivity contribution in [3.8, 4) is 5.75 Å². The summed E-state index contributed by atoms with van der Waals surface area (Å²) in [4.78, 5) is 0. The Morgan fingerprint density at radius 2 is 1.72 bits per heavy atom. The molecule has 0 aliphatic carbocycles. The first kappa shape index (κ1) is 14.3. The topological polar surface area (TPSA) is 9.23 Å². The lowest BCUT2D eigenvalue weighted by Gasteiger charge is -2.46. The molecule has 1 fully saturated rings. The van der Waals surface area contributed by atoms with E-state index in [0.717, 1.165) is 5.75 Å². The van der Waals surface area contributed by atoms with Crippen LogP contribution in [0.2, 0.25) is 19.6 Å². The second-order valence-electron chi connectivity index (χ2n) is 5.62. The van der Waals surface area contributed by atoms with E-state index < -0.39 is 8.07 Å². The number of methoxy groups -OCH3 is 1. The highest BCUT2D eigenvalue weighted by Crippen LogP contribution is 2.57. The largest absolute Gasteiger partial charge is 0.496 e. The van der Waals surface area contributed by atoms with Gasteiger partial charge < -0.3 is 4.74 Å². The SMILES string of the molecule is COc1ccccc1C1([Si](C)(C)C)SCCCS1. The van der Waals surface area contributed by atoms with Gasteiger partial charge in [-0.1, -0.05) is 37.8 Å². The molecule has 0 aromatic heterocycles. The smallest absolute Gasteiger partial charge is 0.123 e. The van der Waals surface area contributed by atoms with E-state index in [-0.39, 0.29) is 3.70 Å². The van der Waals surface area contributed by atoms with Gasteiger partial charge in [0.05, 0.1) is 18.9 Å². The highest BCUT2D eigenvalue weighted by molar-refractivity contribution is 8.20. The average molecular weight is 299 g/mol. The molecule has 0 unspecified atom stereocenters. The van der Waals surface area contributed by atoms with Crippen LogP contribution in [0.25, 0.3) is 0 Å². The number of benzene rings is 1. The molecule has 0 spiro atoms. The number of hydrogen-bond donors (Lipinski definition) is 0. The van der Waals surface area contributed by atoms with Crippen LogP contribution in [-0.4, -0.2) is 26.7 Å². The summed E-state index contributed by atoms with van der Waals surface area (Å²) in [7, 11) is 0.437. The molecular weight excluding hydrogens is 276 g/mol. The molecule has 0 radical (unpaired) electrons. The van der Waals surface area contributed by atoms with Crippen LogP contribution in [0.4, 0.5) is 0 Å². The number of hydrogen-bond acceptors (Lipinski definition) is 3. The van der Waals surface area contributed by atoms with Gasteiger partial charge in [0, 0.05) is 5.56 Å². The van der Waals surface area contributed by atoms with Crippen molar-refractivity contribution in [2.45, 2.75) is 29.8 Å². The molecule has 1 nitrogen and oxygen atoms in total. The standard InChI is InChI=1S/C14H22OS2Si/c1-15-13-9-6-5-8-12(13)14(18(2,3)4)16-10-7-11-17-14/h5-6,8-9H,7,10-11H2,1-4H3. The van der Waals surface area contributed by atoms with E-state index in [1.807, 2.05) is 0 Å². The summed E-state index contributed by atoms with van der Waals surface area (Å²) < 4.78 is 5.86. The Morgan fingerprint density at radius 3 is 2.28 bits per heavy atom. The molecule has 1 aromatic rings. The molecule has 1 saturated heterocycles. The maximum absolute atomic E-state index is 5.61. The first-order chi connectivity index (χ1) is 8.51. The van der Waals surface area contributed by atoms with Crippen molar-refractivity contribution in [3.63, 3.8) is 0 Å². The van der Waals surface area contributed by atoms with Crippen molar-refractivity contribution in [3.05, 3.63) is 29.8 Å². The lowest BCUT2D eigenvalue weighted by atomic mass is 10.2. The zero-order valence-electron chi connectivity index (χ0n) is 11.7. The fourth-order valence-electron chi connectivity index (χ4n) is 2.44. The van der Waals surface area contributed by atoms with Crippen molar-refractivity contribution in [1.82, 2.24) is 0 Å². The van der Waals surface area contributed by atoms with Crippen LogP contribution >= 0.6 is 23.5 Å². The van der Waals surface area contributed by atoms with Crippen molar-refractivity contribution in [2.75, 3.05) is 18.6 Å². The van der Waals surface area contributed by atoms with E-state index in [9.17, 15) is 0 Å². The summed E-state index contributed by atoms with van der Waals surface area (Å²) in [5.74, 6) is 3.60. The van der Waals surface area contributed by atoms with Crippen LogP contribution in [-0.2, 0) is 3.70 Å². The Bertz CT molecular complexity index is 409. The van der Waals surface area contributed by atoms with Gasteiger partial charge >= 0.3 is 0 Å². The Balaban J connectivity index is 2.52. The quantitative estimate of drug-likeness (QED) is 0.755. The predicted molar refractivity (Wildman–Crippen MR) is 87.6 cm³/mol. The molecular formula is C14H22OS2Si. The molecule has 1 aromatic carbocycles. The third-order valence-electron chi connectivity index (χ3n) is 3.35. The molecule has 0 N–H and O–H groups in total. The van der Waals surface area contributed by atoms with Gasteiger partial charge in [-0.05, 0) is 24.0 Å². The van der Waals surface area contributed by atoms with E-state index >= 15 is 0 Å². The van der Waals surface area contributed by atoms with Gasteiger partial charge in [-0.25, -0.2) is 0 Å². The van der Waals surface area contributed by atoms with Crippen LogP contribution < -0.4 is 4.74 Å². The fourth-order valence-corrected chi connectivity index (χ4v) is 10.3. The second kappa shape index (κ2) is 5.51. The highest BCUT2D eigenvalue weighted by atomic mass is 32.2. The maximum atomic E-state index is 5.61. The lowest BCUT2D eigenvalue weighted by Crippen LogP contribution is -2.46. The molecule has 18 heavy (non-hydrogen) atoms. The molecule has 100 valence electrons.